The first kappa shape index (κ1) is 17.4. The molecule has 0 aliphatic rings. The van der Waals surface area contributed by atoms with Gasteiger partial charge in [-0.3, -0.25) is 4.79 Å². The van der Waals surface area contributed by atoms with E-state index < -0.39 is 5.97 Å². The van der Waals surface area contributed by atoms with Crippen molar-refractivity contribution in [2.75, 3.05) is 24.4 Å². The molecule has 2 N–H and O–H groups in total. The largest absolute Gasteiger partial charge is 0.481 e. The van der Waals surface area contributed by atoms with Gasteiger partial charge in [0.2, 0.25) is 0 Å². The zero-order valence-electron chi connectivity index (χ0n) is 12.6. The molecule has 2 amide bonds. The Bertz CT molecular complexity index is 476. The predicted octanol–water partition coefficient (Wildman–Crippen LogP) is 2.92. The van der Waals surface area contributed by atoms with Gasteiger partial charge in [0.1, 0.15) is 0 Å². The van der Waals surface area contributed by atoms with Crippen molar-refractivity contribution in [2.24, 2.45) is 0 Å². The number of nitrogens with zero attached hydrogens (tertiary/aromatic N) is 1. The maximum atomic E-state index is 12.1. The van der Waals surface area contributed by atoms with Crippen LogP contribution in [0, 0.1) is 0 Å². The number of carbonyl (C=O) groups excluding carboxylic acids is 1. The first-order valence-electron chi connectivity index (χ1n) is 6.77. The number of amides is 2. The molecule has 1 aromatic rings. The fraction of sp³-hybridized carbons (Fsp3) is 0.467. The van der Waals surface area contributed by atoms with Gasteiger partial charge in [-0.25, -0.2) is 4.79 Å². The Morgan fingerprint density at radius 2 is 1.95 bits per heavy atom. The van der Waals surface area contributed by atoms with Crippen LogP contribution in [0.1, 0.15) is 18.9 Å². The van der Waals surface area contributed by atoms with Crippen LogP contribution in [0.2, 0.25) is 0 Å². The van der Waals surface area contributed by atoms with E-state index >= 15 is 0 Å². The van der Waals surface area contributed by atoms with E-state index in [1.165, 1.54) is 0 Å². The highest BCUT2D eigenvalue weighted by Gasteiger charge is 2.15. The molecular weight excluding hydrogens is 288 g/mol. The second-order valence-electron chi connectivity index (χ2n) is 4.94. The number of carboxylic acids is 1. The summed E-state index contributed by atoms with van der Waals surface area (Å²) < 4.78 is 0. The maximum Gasteiger partial charge on any atom is 0.321 e. The molecular formula is C15H22N2O3S. The minimum atomic E-state index is -0.809. The summed E-state index contributed by atoms with van der Waals surface area (Å²) in [5.74, 6) is 0.0784. The van der Waals surface area contributed by atoms with Crippen LogP contribution in [0.3, 0.4) is 0 Å². The number of benzene rings is 1. The Labute approximate surface area is 129 Å². The number of thioether (sulfide) groups is 1. The second-order valence-corrected chi connectivity index (χ2v) is 5.85. The number of carboxylic acid groups (broad SMARTS) is 1. The number of anilines is 1. The number of hydrogen-bond donors (Lipinski definition) is 2. The molecule has 21 heavy (non-hydrogen) atoms. The summed E-state index contributed by atoms with van der Waals surface area (Å²) in [4.78, 5) is 24.2. The Kier molecular flexibility index (Phi) is 7.08. The third-order valence-corrected chi connectivity index (χ3v) is 4.04. The molecule has 1 aromatic carbocycles. The molecule has 0 aliphatic carbocycles. The summed E-state index contributed by atoms with van der Waals surface area (Å²) in [6.45, 7) is 2.01. The van der Waals surface area contributed by atoms with Crippen molar-refractivity contribution in [1.82, 2.24) is 4.90 Å². The van der Waals surface area contributed by atoms with Gasteiger partial charge in [-0.05, 0) is 37.3 Å². The molecule has 5 nitrogen and oxygen atoms in total. The zero-order valence-corrected chi connectivity index (χ0v) is 13.4. The Morgan fingerprint density at radius 1 is 1.33 bits per heavy atom. The Hall–Kier alpha value is -1.69. The van der Waals surface area contributed by atoms with Gasteiger partial charge < -0.3 is 15.3 Å². The third-order valence-electron chi connectivity index (χ3n) is 3.22. The van der Waals surface area contributed by atoms with Crippen molar-refractivity contribution in [1.29, 1.82) is 0 Å². The van der Waals surface area contributed by atoms with E-state index in [0.29, 0.717) is 12.1 Å². The number of nitrogens with one attached hydrogen (secondary N) is 1. The van der Waals surface area contributed by atoms with Crippen LogP contribution in [-0.4, -0.2) is 47.1 Å². The number of aryl methyl sites for hydroxylation is 1. The van der Waals surface area contributed by atoms with Crippen LogP contribution in [0.4, 0.5) is 10.5 Å². The molecule has 0 aromatic heterocycles. The van der Waals surface area contributed by atoms with Crippen LogP contribution >= 0.6 is 11.8 Å². The van der Waals surface area contributed by atoms with E-state index in [0.717, 1.165) is 11.3 Å². The molecule has 1 rings (SSSR count). The number of hydrogen-bond acceptors (Lipinski definition) is 3. The number of carbonyl (C=O) groups is 2. The quantitative estimate of drug-likeness (QED) is 0.812. The molecule has 0 spiro atoms. The highest BCUT2D eigenvalue weighted by atomic mass is 32.2. The number of aliphatic carboxylic acids is 1. The molecule has 0 fully saturated rings. The van der Waals surface area contributed by atoms with E-state index in [1.54, 1.807) is 35.8 Å². The van der Waals surface area contributed by atoms with Crippen LogP contribution in [-0.2, 0) is 11.2 Å². The highest BCUT2D eigenvalue weighted by Crippen LogP contribution is 2.13. The van der Waals surface area contributed by atoms with Gasteiger partial charge in [-0.2, -0.15) is 11.8 Å². The topological polar surface area (TPSA) is 69.6 Å². The first-order chi connectivity index (χ1) is 9.93. The van der Waals surface area contributed by atoms with E-state index in [2.05, 4.69) is 5.32 Å². The molecule has 1 atom stereocenters. The average molecular weight is 310 g/mol. The minimum absolute atomic E-state index is 0.112. The normalized spacial score (nSPS) is 11.8. The Balaban J connectivity index is 2.54. The lowest BCUT2D eigenvalue weighted by molar-refractivity contribution is -0.136. The zero-order chi connectivity index (χ0) is 15.8. The fourth-order valence-corrected chi connectivity index (χ4v) is 2.48. The lowest BCUT2D eigenvalue weighted by atomic mass is 10.1. The van der Waals surface area contributed by atoms with Crippen molar-refractivity contribution in [3.05, 3.63) is 29.8 Å². The molecule has 1 unspecified atom stereocenters. The number of rotatable bonds is 7. The van der Waals surface area contributed by atoms with Gasteiger partial charge in [-0.15, -0.1) is 0 Å². The van der Waals surface area contributed by atoms with E-state index in [4.69, 9.17) is 5.11 Å². The van der Waals surface area contributed by atoms with Crippen LogP contribution in [0.5, 0.6) is 0 Å². The maximum absolute atomic E-state index is 12.1. The Morgan fingerprint density at radius 3 is 2.48 bits per heavy atom. The summed E-state index contributed by atoms with van der Waals surface area (Å²) in [7, 11) is 1.78. The average Bonchev–Trinajstić information content (AvgIpc) is 2.45. The summed E-state index contributed by atoms with van der Waals surface area (Å²) in [5.41, 5.74) is 1.65. The van der Waals surface area contributed by atoms with Crippen molar-refractivity contribution in [3.8, 4) is 0 Å². The molecule has 0 aliphatic heterocycles. The van der Waals surface area contributed by atoms with E-state index in [-0.39, 0.29) is 18.5 Å². The number of urea groups is 1. The molecule has 0 bridgehead atoms. The molecule has 0 heterocycles. The first-order valence-corrected chi connectivity index (χ1v) is 8.17. The highest BCUT2D eigenvalue weighted by molar-refractivity contribution is 7.98. The van der Waals surface area contributed by atoms with Gasteiger partial charge in [0.25, 0.3) is 0 Å². The van der Waals surface area contributed by atoms with Crippen LogP contribution < -0.4 is 5.32 Å². The van der Waals surface area contributed by atoms with Crippen LogP contribution in [0.25, 0.3) is 0 Å². The van der Waals surface area contributed by atoms with Gasteiger partial charge >= 0.3 is 12.0 Å². The SMILES string of the molecule is CSCC(C)N(C)C(=O)Nc1ccc(CCC(=O)O)cc1. The van der Waals surface area contributed by atoms with Crippen molar-refractivity contribution < 1.29 is 14.7 Å². The fourth-order valence-electron chi connectivity index (χ4n) is 1.77. The van der Waals surface area contributed by atoms with Gasteiger partial charge in [-0.1, -0.05) is 12.1 Å². The smallest absolute Gasteiger partial charge is 0.321 e. The molecule has 0 radical (unpaired) electrons. The van der Waals surface area contributed by atoms with Crippen LogP contribution in [0.15, 0.2) is 24.3 Å². The molecule has 0 saturated heterocycles. The minimum Gasteiger partial charge on any atom is -0.481 e. The monoisotopic (exact) mass is 310 g/mol. The summed E-state index contributed by atoms with van der Waals surface area (Å²) in [6, 6.07) is 7.28. The van der Waals surface area contributed by atoms with E-state index in [9.17, 15) is 9.59 Å². The second kappa shape index (κ2) is 8.56. The lowest BCUT2D eigenvalue weighted by Crippen LogP contribution is -2.39. The van der Waals surface area contributed by atoms with Gasteiger partial charge in [0.15, 0.2) is 0 Å². The predicted molar refractivity (Wildman–Crippen MR) is 87.0 cm³/mol. The summed E-state index contributed by atoms with van der Waals surface area (Å²) in [5, 5.41) is 11.5. The molecule has 116 valence electrons. The molecule has 6 heteroatoms. The van der Waals surface area contributed by atoms with E-state index in [1.807, 2.05) is 25.3 Å². The van der Waals surface area contributed by atoms with Crippen molar-refractivity contribution in [2.45, 2.75) is 25.8 Å². The van der Waals surface area contributed by atoms with Gasteiger partial charge in [0.05, 0.1) is 0 Å². The molecule has 0 saturated carbocycles. The third kappa shape index (κ3) is 6.08. The standard InChI is InChI=1S/C15H22N2O3S/c1-11(10-21-3)17(2)15(20)16-13-7-4-12(5-8-13)6-9-14(18)19/h4-5,7-8,11H,6,9-10H2,1-3H3,(H,16,20)(H,18,19). The summed E-state index contributed by atoms with van der Waals surface area (Å²) >= 11 is 1.70. The van der Waals surface area contributed by atoms with Gasteiger partial charge in [0, 0.05) is 31.0 Å². The lowest BCUT2D eigenvalue weighted by Gasteiger charge is -2.24. The summed E-state index contributed by atoms with van der Waals surface area (Å²) in [6.07, 6.45) is 2.62. The van der Waals surface area contributed by atoms with Crippen molar-refractivity contribution in [3.63, 3.8) is 0 Å². The van der Waals surface area contributed by atoms with Crippen molar-refractivity contribution >= 4 is 29.4 Å².